The Balaban J connectivity index is 1.30. The molecule has 0 saturated carbocycles. The molecular formula is C27H28N2O6. The van der Waals surface area contributed by atoms with Crippen LogP contribution in [0.15, 0.2) is 36.4 Å². The minimum absolute atomic E-state index is 0.0117. The minimum Gasteiger partial charge on any atom is -0.497 e. The smallest absolute Gasteiger partial charge is 0.261 e. The van der Waals surface area contributed by atoms with Crippen molar-refractivity contribution in [3.63, 3.8) is 0 Å². The van der Waals surface area contributed by atoms with Crippen LogP contribution in [0.4, 0.5) is 0 Å². The largest absolute Gasteiger partial charge is 0.497 e. The summed E-state index contributed by atoms with van der Waals surface area (Å²) in [6.45, 7) is 4.62. The van der Waals surface area contributed by atoms with Crippen LogP contribution < -0.4 is 9.47 Å². The molecule has 3 aliphatic heterocycles. The second-order valence-corrected chi connectivity index (χ2v) is 9.54. The van der Waals surface area contributed by atoms with E-state index in [1.54, 1.807) is 42.3 Å². The zero-order valence-corrected chi connectivity index (χ0v) is 20.1. The summed E-state index contributed by atoms with van der Waals surface area (Å²) in [5, 5.41) is 0. The van der Waals surface area contributed by atoms with Gasteiger partial charge in [-0.25, -0.2) is 0 Å². The first-order valence-corrected chi connectivity index (χ1v) is 12.0. The molecule has 35 heavy (non-hydrogen) atoms. The predicted molar refractivity (Wildman–Crippen MR) is 127 cm³/mol. The van der Waals surface area contributed by atoms with Crippen molar-refractivity contribution in [2.45, 2.75) is 51.2 Å². The Morgan fingerprint density at radius 3 is 2.43 bits per heavy atom. The number of likely N-dealkylation sites (tertiary alicyclic amines) is 1. The number of ether oxygens (including phenoxy) is 2. The van der Waals surface area contributed by atoms with Gasteiger partial charge in [0.05, 0.1) is 30.2 Å². The number of nitrogens with zero attached hydrogens (tertiary/aromatic N) is 2. The van der Waals surface area contributed by atoms with E-state index < -0.39 is 5.60 Å². The molecule has 8 nitrogen and oxygen atoms in total. The zero-order chi connectivity index (χ0) is 24.9. The number of amides is 3. The standard InChI is InChI=1S/C27H28N2O6/c1-4-16(2)29-25(32)19-7-5-17(13-20(19)26(29)33)24(31)28-11-9-27(10-12-28)15-22(30)21-14-18(34-3)6-8-23(21)35-27/h5-8,13-14,16H,4,9-12,15H2,1-3H3. The van der Waals surface area contributed by atoms with E-state index in [4.69, 9.17) is 9.47 Å². The lowest BCUT2D eigenvalue weighted by atomic mass is 9.82. The van der Waals surface area contributed by atoms with E-state index in [-0.39, 0.29) is 41.5 Å². The first-order valence-electron chi connectivity index (χ1n) is 12.0. The third-order valence-corrected chi connectivity index (χ3v) is 7.45. The first-order chi connectivity index (χ1) is 16.8. The summed E-state index contributed by atoms with van der Waals surface area (Å²) < 4.78 is 11.5. The van der Waals surface area contributed by atoms with Crippen LogP contribution in [0.5, 0.6) is 11.5 Å². The number of fused-ring (bicyclic) bond motifs is 2. The van der Waals surface area contributed by atoms with E-state index in [1.807, 2.05) is 13.8 Å². The molecule has 2 aromatic rings. The normalized spacial score (nSPS) is 19.3. The highest BCUT2D eigenvalue weighted by Gasteiger charge is 2.44. The molecule has 2 aromatic carbocycles. The maximum atomic E-state index is 13.3. The monoisotopic (exact) mass is 476 g/mol. The van der Waals surface area contributed by atoms with Gasteiger partial charge in [-0.05, 0) is 49.7 Å². The van der Waals surface area contributed by atoms with Crippen molar-refractivity contribution in [3.05, 3.63) is 58.7 Å². The van der Waals surface area contributed by atoms with Crippen molar-refractivity contribution < 1.29 is 28.7 Å². The van der Waals surface area contributed by atoms with E-state index in [0.717, 1.165) is 0 Å². The molecule has 3 heterocycles. The van der Waals surface area contributed by atoms with Gasteiger partial charge < -0.3 is 14.4 Å². The molecule has 1 fully saturated rings. The number of carbonyl (C=O) groups is 4. The highest BCUT2D eigenvalue weighted by Crippen LogP contribution is 2.40. The molecule has 3 aliphatic rings. The van der Waals surface area contributed by atoms with Crippen LogP contribution in [0, 0.1) is 0 Å². The number of ketones is 1. The molecular weight excluding hydrogens is 448 g/mol. The van der Waals surface area contributed by atoms with Crippen LogP contribution in [0.2, 0.25) is 0 Å². The fraction of sp³-hybridized carbons (Fsp3) is 0.407. The van der Waals surface area contributed by atoms with Crippen LogP contribution >= 0.6 is 0 Å². The van der Waals surface area contributed by atoms with Crippen molar-refractivity contribution in [2.75, 3.05) is 20.2 Å². The number of benzene rings is 2. The van der Waals surface area contributed by atoms with Gasteiger partial charge in [0.1, 0.15) is 17.1 Å². The Morgan fingerprint density at radius 1 is 1.03 bits per heavy atom. The molecule has 0 aliphatic carbocycles. The maximum Gasteiger partial charge on any atom is 0.261 e. The maximum absolute atomic E-state index is 13.3. The van der Waals surface area contributed by atoms with E-state index >= 15 is 0 Å². The third kappa shape index (κ3) is 3.77. The Bertz CT molecular complexity index is 1240. The van der Waals surface area contributed by atoms with Crippen LogP contribution in [-0.4, -0.2) is 65.1 Å². The first kappa shape index (κ1) is 23.1. The fourth-order valence-corrected chi connectivity index (χ4v) is 5.15. The second-order valence-electron chi connectivity index (χ2n) is 9.54. The number of imide groups is 1. The highest BCUT2D eigenvalue weighted by atomic mass is 16.5. The number of hydrogen-bond acceptors (Lipinski definition) is 6. The summed E-state index contributed by atoms with van der Waals surface area (Å²) in [5.74, 6) is 0.314. The molecule has 182 valence electrons. The molecule has 1 saturated heterocycles. The van der Waals surface area contributed by atoms with Crippen molar-refractivity contribution in [3.8, 4) is 11.5 Å². The molecule has 5 rings (SSSR count). The van der Waals surface area contributed by atoms with E-state index in [1.165, 1.54) is 11.0 Å². The van der Waals surface area contributed by atoms with Gasteiger partial charge in [-0.15, -0.1) is 0 Å². The summed E-state index contributed by atoms with van der Waals surface area (Å²) >= 11 is 0. The highest BCUT2D eigenvalue weighted by molar-refractivity contribution is 6.22. The fourth-order valence-electron chi connectivity index (χ4n) is 5.15. The topological polar surface area (TPSA) is 93.2 Å². The molecule has 0 N–H and O–H groups in total. The number of methoxy groups -OCH3 is 1. The number of rotatable bonds is 4. The predicted octanol–water partition coefficient (Wildman–Crippen LogP) is 3.73. The molecule has 1 unspecified atom stereocenters. The van der Waals surface area contributed by atoms with Crippen LogP contribution in [0.25, 0.3) is 0 Å². The molecule has 0 aromatic heterocycles. The SMILES string of the molecule is CCC(C)N1C(=O)c2ccc(C(=O)N3CCC4(CC3)CC(=O)c3cc(OC)ccc3O4)cc2C1=O. The Kier molecular flexibility index (Phi) is 5.62. The summed E-state index contributed by atoms with van der Waals surface area (Å²) in [5.41, 5.74) is 0.894. The number of hydrogen-bond donors (Lipinski definition) is 0. The summed E-state index contributed by atoms with van der Waals surface area (Å²) in [4.78, 5) is 54.6. The Morgan fingerprint density at radius 2 is 1.74 bits per heavy atom. The molecule has 1 atom stereocenters. The lowest BCUT2D eigenvalue weighted by Gasteiger charge is -2.44. The van der Waals surface area contributed by atoms with Gasteiger partial charge in [-0.1, -0.05) is 6.92 Å². The van der Waals surface area contributed by atoms with Gasteiger partial charge in [0.15, 0.2) is 5.78 Å². The van der Waals surface area contributed by atoms with Gasteiger partial charge in [0.2, 0.25) is 0 Å². The molecule has 3 amide bonds. The lowest BCUT2D eigenvalue weighted by Crippen LogP contribution is -2.52. The van der Waals surface area contributed by atoms with Crippen molar-refractivity contribution in [1.29, 1.82) is 0 Å². The number of carbonyl (C=O) groups excluding carboxylic acids is 4. The van der Waals surface area contributed by atoms with Crippen molar-refractivity contribution in [2.24, 2.45) is 0 Å². The Labute approximate surface area is 203 Å². The summed E-state index contributed by atoms with van der Waals surface area (Å²) in [7, 11) is 1.56. The Hall–Kier alpha value is -3.68. The van der Waals surface area contributed by atoms with Crippen LogP contribution in [-0.2, 0) is 0 Å². The molecule has 8 heteroatoms. The lowest BCUT2D eigenvalue weighted by molar-refractivity contribution is -0.00578. The van der Waals surface area contributed by atoms with Gasteiger partial charge in [-0.3, -0.25) is 24.1 Å². The number of Topliss-reactive ketones (excluding diaryl/α,β-unsaturated/α-hetero) is 1. The third-order valence-electron chi connectivity index (χ3n) is 7.45. The van der Waals surface area contributed by atoms with Crippen molar-refractivity contribution in [1.82, 2.24) is 9.80 Å². The van der Waals surface area contributed by atoms with Gasteiger partial charge in [0, 0.05) is 37.5 Å². The number of piperidine rings is 1. The second kappa shape index (κ2) is 8.52. The van der Waals surface area contributed by atoms with Gasteiger partial charge >= 0.3 is 0 Å². The van der Waals surface area contributed by atoms with E-state index in [0.29, 0.717) is 60.5 Å². The van der Waals surface area contributed by atoms with E-state index in [2.05, 4.69) is 0 Å². The average Bonchev–Trinajstić information content (AvgIpc) is 3.12. The zero-order valence-electron chi connectivity index (χ0n) is 20.1. The molecule has 0 radical (unpaired) electrons. The average molecular weight is 477 g/mol. The van der Waals surface area contributed by atoms with E-state index in [9.17, 15) is 19.2 Å². The van der Waals surface area contributed by atoms with Crippen LogP contribution in [0.1, 0.15) is 81.0 Å². The molecule has 0 bridgehead atoms. The van der Waals surface area contributed by atoms with Crippen molar-refractivity contribution >= 4 is 23.5 Å². The van der Waals surface area contributed by atoms with Crippen LogP contribution in [0.3, 0.4) is 0 Å². The summed E-state index contributed by atoms with van der Waals surface area (Å²) in [6.07, 6.45) is 1.98. The van der Waals surface area contributed by atoms with Gasteiger partial charge in [-0.2, -0.15) is 0 Å². The quantitative estimate of drug-likeness (QED) is 0.625. The minimum atomic E-state index is -0.632. The molecule has 1 spiro atoms. The summed E-state index contributed by atoms with van der Waals surface area (Å²) in [6, 6.07) is 9.75. The van der Waals surface area contributed by atoms with Gasteiger partial charge in [0.25, 0.3) is 17.7 Å².